The third kappa shape index (κ3) is 3.75. The Morgan fingerprint density at radius 2 is 2.09 bits per heavy atom. The Hall–Kier alpha value is -3.27. The van der Waals surface area contributed by atoms with Gasteiger partial charge in [-0.15, -0.1) is 5.10 Å². The molecule has 3 aliphatic rings. The second-order valence-corrected chi connectivity index (χ2v) is 8.21. The van der Waals surface area contributed by atoms with E-state index in [9.17, 15) is 8.78 Å². The number of nitrogens with one attached hydrogen (secondary N) is 1. The SMILES string of the molecule is CC1=C2C(Nc3nc(Oc4cccc(Cl)c4)n(CC(F)F)n3)C1CN2c1cc(C)ncn1. The van der Waals surface area contributed by atoms with Crippen molar-refractivity contribution in [2.75, 3.05) is 16.8 Å². The highest BCUT2D eigenvalue weighted by atomic mass is 35.5. The lowest BCUT2D eigenvalue weighted by Gasteiger charge is -2.32. The lowest BCUT2D eigenvalue weighted by molar-refractivity contribution is 0.118. The molecule has 1 aliphatic carbocycles. The maximum atomic E-state index is 13.1. The highest BCUT2D eigenvalue weighted by Gasteiger charge is 2.50. The molecule has 2 aromatic heterocycles. The van der Waals surface area contributed by atoms with Crippen LogP contribution in [0.25, 0.3) is 0 Å². The van der Waals surface area contributed by atoms with E-state index in [2.05, 4.69) is 37.2 Å². The van der Waals surface area contributed by atoms with E-state index in [1.807, 2.05) is 13.0 Å². The molecular formula is C21H20ClF2N7O. The van der Waals surface area contributed by atoms with Crippen LogP contribution in [0.15, 0.2) is 47.9 Å². The van der Waals surface area contributed by atoms with E-state index in [0.29, 0.717) is 10.8 Å². The molecule has 2 atom stereocenters. The standard InChI is InChI=1S/C21H20ClF2N7O/c1-11-6-17(26-10-25-11)30-8-15-12(2)19(30)18(15)27-20-28-21(31(29-20)9-16(23)24)32-14-5-3-4-13(22)7-14/h3-7,10,15-16,18H,8-9H2,1-2H3,(H,27,29). The van der Waals surface area contributed by atoms with Gasteiger partial charge in [0.1, 0.15) is 24.4 Å². The predicted molar refractivity (Wildman–Crippen MR) is 115 cm³/mol. The molecule has 2 aliphatic heterocycles. The predicted octanol–water partition coefficient (Wildman–Crippen LogP) is 4.29. The number of fused-ring (bicyclic) bond motifs is 1. The van der Waals surface area contributed by atoms with Crippen LogP contribution in [-0.4, -0.2) is 43.7 Å². The lowest BCUT2D eigenvalue weighted by Crippen LogP contribution is -2.37. The van der Waals surface area contributed by atoms with Gasteiger partial charge in [-0.3, -0.25) is 0 Å². The molecule has 0 spiro atoms. The first-order valence-corrected chi connectivity index (χ1v) is 10.5. The molecule has 0 saturated carbocycles. The van der Waals surface area contributed by atoms with Gasteiger partial charge in [-0.05, 0) is 37.6 Å². The maximum absolute atomic E-state index is 13.1. The largest absolute Gasteiger partial charge is 0.424 e. The van der Waals surface area contributed by atoms with E-state index < -0.39 is 13.0 Å². The fraction of sp³-hybridized carbons (Fsp3) is 0.333. The molecule has 1 saturated heterocycles. The number of halogens is 3. The smallest absolute Gasteiger partial charge is 0.322 e. The van der Waals surface area contributed by atoms with Crippen molar-refractivity contribution in [1.82, 2.24) is 24.7 Å². The Balaban J connectivity index is 1.37. The van der Waals surface area contributed by atoms with Gasteiger partial charge in [0.2, 0.25) is 5.95 Å². The Morgan fingerprint density at radius 3 is 2.84 bits per heavy atom. The number of anilines is 2. The minimum Gasteiger partial charge on any atom is -0.424 e. The minimum absolute atomic E-state index is 0.0317. The van der Waals surface area contributed by atoms with Crippen LogP contribution in [0.5, 0.6) is 11.8 Å². The first-order chi connectivity index (χ1) is 15.4. The molecule has 3 aromatic rings. The third-order valence-electron chi connectivity index (χ3n) is 5.63. The molecule has 4 heterocycles. The third-order valence-corrected chi connectivity index (χ3v) is 5.87. The second kappa shape index (κ2) is 8.01. The molecule has 166 valence electrons. The molecule has 1 N–H and O–H groups in total. The van der Waals surface area contributed by atoms with Crippen molar-refractivity contribution in [3.63, 3.8) is 0 Å². The summed E-state index contributed by atoms with van der Waals surface area (Å²) in [6.45, 7) is 4.15. The van der Waals surface area contributed by atoms with Crippen LogP contribution in [0, 0.1) is 12.8 Å². The van der Waals surface area contributed by atoms with Gasteiger partial charge >= 0.3 is 6.01 Å². The van der Waals surface area contributed by atoms with Crippen molar-refractivity contribution in [3.8, 4) is 11.8 Å². The van der Waals surface area contributed by atoms with Crippen LogP contribution in [-0.2, 0) is 6.54 Å². The Bertz CT molecular complexity index is 1200. The summed E-state index contributed by atoms with van der Waals surface area (Å²) in [5, 5.41) is 7.96. The van der Waals surface area contributed by atoms with Crippen LogP contribution < -0.4 is 15.0 Å². The molecule has 1 aromatic carbocycles. The fourth-order valence-corrected chi connectivity index (χ4v) is 4.34. The molecular weight excluding hydrogens is 440 g/mol. The zero-order valence-electron chi connectivity index (χ0n) is 17.3. The molecule has 0 radical (unpaired) electrons. The van der Waals surface area contributed by atoms with Gasteiger partial charge in [0.05, 0.1) is 6.04 Å². The van der Waals surface area contributed by atoms with Crippen LogP contribution in [0.1, 0.15) is 12.6 Å². The molecule has 32 heavy (non-hydrogen) atoms. The number of benzene rings is 1. The van der Waals surface area contributed by atoms with Gasteiger partial charge in [0, 0.05) is 34.9 Å². The molecule has 6 rings (SSSR count). The monoisotopic (exact) mass is 459 g/mol. The number of ether oxygens (including phenoxy) is 1. The van der Waals surface area contributed by atoms with Crippen LogP contribution in [0.3, 0.4) is 0 Å². The average Bonchev–Trinajstić information content (AvgIpc) is 3.40. The number of hydrogen-bond donors (Lipinski definition) is 1. The summed E-state index contributed by atoms with van der Waals surface area (Å²) in [7, 11) is 0. The van der Waals surface area contributed by atoms with E-state index >= 15 is 0 Å². The first kappa shape index (κ1) is 20.6. The summed E-state index contributed by atoms with van der Waals surface area (Å²) in [6, 6.07) is 8.51. The van der Waals surface area contributed by atoms with E-state index in [1.54, 1.807) is 30.6 Å². The van der Waals surface area contributed by atoms with Crippen molar-refractivity contribution >= 4 is 23.4 Å². The van der Waals surface area contributed by atoms with Crippen molar-refractivity contribution < 1.29 is 13.5 Å². The average molecular weight is 460 g/mol. The van der Waals surface area contributed by atoms with Crippen molar-refractivity contribution in [3.05, 3.63) is 58.6 Å². The molecule has 2 bridgehead atoms. The van der Waals surface area contributed by atoms with Crippen LogP contribution >= 0.6 is 11.6 Å². The number of hydrogen-bond acceptors (Lipinski definition) is 7. The van der Waals surface area contributed by atoms with Gasteiger partial charge in [-0.2, -0.15) is 4.98 Å². The van der Waals surface area contributed by atoms with Crippen molar-refractivity contribution in [1.29, 1.82) is 0 Å². The number of alkyl halides is 2. The number of aromatic nitrogens is 5. The summed E-state index contributed by atoms with van der Waals surface area (Å²) in [4.78, 5) is 15.0. The van der Waals surface area contributed by atoms with E-state index in [-0.39, 0.29) is 23.9 Å². The van der Waals surface area contributed by atoms with E-state index in [0.717, 1.165) is 28.4 Å². The van der Waals surface area contributed by atoms with E-state index in [4.69, 9.17) is 16.3 Å². The van der Waals surface area contributed by atoms with E-state index in [1.165, 1.54) is 5.57 Å². The molecule has 8 nitrogen and oxygen atoms in total. The Morgan fingerprint density at radius 1 is 1.25 bits per heavy atom. The summed E-state index contributed by atoms with van der Waals surface area (Å²) in [6.07, 6.45) is -1.06. The lowest BCUT2D eigenvalue weighted by atomic mass is 9.82. The van der Waals surface area contributed by atoms with Crippen LogP contribution in [0.4, 0.5) is 20.5 Å². The highest BCUT2D eigenvalue weighted by molar-refractivity contribution is 6.30. The van der Waals surface area contributed by atoms with Gasteiger partial charge in [0.15, 0.2) is 0 Å². The first-order valence-electron chi connectivity index (χ1n) is 10.1. The Labute approximate surface area is 187 Å². The number of aryl methyl sites for hydroxylation is 1. The second-order valence-electron chi connectivity index (χ2n) is 7.78. The quantitative estimate of drug-likeness (QED) is 0.564. The molecule has 1 fully saturated rings. The van der Waals surface area contributed by atoms with Crippen molar-refractivity contribution in [2.24, 2.45) is 5.92 Å². The van der Waals surface area contributed by atoms with Gasteiger partial charge in [0.25, 0.3) is 6.43 Å². The molecule has 0 amide bonds. The minimum atomic E-state index is -2.60. The van der Waals surface area contributed by atoms with Crippen molar-refractivity contribution in [2.45, 2.75) is 32.9 Å². The maximum Gasteiger partial charge on any atom is 0.322 e. The normalized spacial score (nSPS) is 19.5. The highest BCUT2D eigenvalue weighted by Crippen LogP contribution is 2.47. The summed E-state index contributed by atoms with van der Waals surface area (Å²) in [5.74, 6) is 1.70. The zero-order chi connectivity index (χ0) is 22.4. The zero-order valence-corrected chi connectivity index (χ0v) is 18.1. The summed E-state index contributed by atoms with van der Waals surface area (Å²) in [5.41, 5.74) is 3.24. The number of rotatable bonds is 7. The molecule has 11 heteroatoms. The summed E-state index contributed by atoms with van der Waals surface area (Å²) >= 11 is 5.99. The Kier molecular flexibility index (Phi) is 5.16. The molecule has 2 unspecified atom stereocenters. The van der Waals surface area contributed by atoms with Crippen LogP contribution in [0.2, 0.25) is 5.02 Å². The summed E-state index contributed by atoms with van der Waals surface area (Å²) < 4.78 is 32.9. The fourth-order valence-electron chi connectivity index (χ4n) is 4.16. The topological polar surface area (TPSA) is 81.0 Å². The number of nitrogens with zero attached hydrogens (tertiary/aromatic N) is 6. The van der Waals surface area contributed by atoms with Gasteiger partial charge < -0.3 is 15.0 Å². The van der Waals surface area contributed by atoms with Gasteiger partial charge in [-0.1, -0.05) is 17.7 Å². The van der Waals surface area contributed by atoms with Gasteiger partial charge in [-0.25, -0.2) is 23.4 Å².